The number of anilines is 2. The van der Waals surface area contributed by atoms with Gasteiger partial charge in [0.15, 0.2) is 5.75 Å². The van der Waals surface area contributed by atoms with E-state index in [9.17, 15) is 10.1 Å². The zero-order valence-corrected chi connectivity index (χ0v) is 16.9. The molecule has 0 saturated heterocycles. The van der Waals surface area contributed by atoms with Crippen molar-refractivity contribution in [2.24, 2.45) is 0 Å². The Kier molecular flexibility index (Phi) is 5.57. The number of nitrogens with zero attached hydrogens (tertiary/aromatic N) is 4. The van der Waals surface area contributed by atoms with Gasteiger partial charge in [-0.2, -0.15) is 4.98 Å². The number of hydrogen-bond donors (Lipinski definition) is 1. The monoisotopic (exact) mass is 417 g/mol. The van der Waals surface area contributed by atoms with E-state index in [0.717, 1.165) is 11.1 Å². The third-order valence-electron chi connectivity index (χ3n) is 4.44. The molecule has 31 heavy (non-hydrogen) atoms. The number of rotatable bonds is 7. The van der Waals surface area contributed by atoms with Gasteiger partial charge < -0.3 is 14.8 Å². The summed E-state index contributed by atoms with van der Waals surface area (Å²) in [5.41, 5.74) is 1.54. The summed E-state index contributed by atoms with van der Waals surface area (Å²) < 4.78 is 11.4. The first-order valence-electron chi connectivity index (χ1n) is 9.59. The van der Waals surface area contributed by atoms with Gasteiger partial charge in [-0.05, 0) is 38.1 Å². The van der Waals surface area contributed by atoms with Crippen molar-refractivity contribution in [3.05, 3.63) is 76.7 Å². The molecule has 4 aromatic rings. The fourth-order valence-electron chi connectivity index (χ4n) is 3.08. The summed E-state index contributed by atoms with van der Waals surface area (Å²) in [4.78, 5) is 23.9. The highest BCUT2D eigenvalue weighted by molar-refractivity contribution is 5.85. The van der Waals surface area contributed by atoms with E-state index >= 15 is 0 Å². The zero-order valence-electron chi connectivity index (χ0n) is 16.9. The second kappa shape index (κ2) is 8.62. The number of nitrogens with one attached hydrogen (secondary N) is 1. The van der Waals surface area contributed by atoms with Crippen LogP contribution in [-0.4, -0.2) is 26.5 Å². The Morgan fingerprint density at radius 3 is 2.65 bits per heavy atom. The molecule has 0 atom stereocenters. The highest BCUT2D eigenvalue weighted by Crippen LogP contribution is 2.38. The second-order valence-electron chi connectivity index (χ2n) is 6.57. The summed E-state index contributed by atoms with van der Waals surface area (Å²) in [5, 5.41) is 15.7. The van der Waals surface area contributed by atoms with Gasteiger partial charge >= 0.3 is 11.6 Å². The first-order chi connectivity index (χ1) is 15.1. The lowest BCUT2D eigenvalue weighted by atomic mass is 10.2. The normalized spacial score (nSPS) is 10.6. The van der Waals surface area contributed by atoms with E-state index in [1.54, 1.807) is 30.3 Å². The maximum Gasteiger partial charge on any atom is 0.373 e. The molecule has 1 N–H and O–H groups in total. The minimum Gasteiger partial charge on any atom is -0.492 e. The maximum atomic E-state index is 11.9. The van der Waals surface area contributed by atoms with Crippen LogP contribution in [0.2, 0.25) is 0 Å². The molecule has 0 fully saturated rings. The smallest absolute Gasteiger partial charge is 0.373 e. The molecule has 0 aliphatic carbocycles. The molecular formula is C22H19N5O4. The number of nitro groups is 1. The van der Waals surface area contributed by atoms with Gasteiger partial charge in [0.2, 0.25) is 5.82 Å². The van der Waals surface area contributed by atoms with E-state index < -0.39 is 10.6 Å². The van der Waals surface area contributed by atoms with E-state index in [4.69, 9.17) is 9.47 Å². The Hall–Kier alpha value is -4.27. The molecule has 4 rings (SSSR count). The summed E-state index contributed by atoms with van der Waals surface area (Å²) in [6.07, 6.45) is 1.21. The Balaban J connectivity index is 1.76. The molecule has 2 aromatic heterocycles. The van der Waals surface area contributed by atoms with Crippen LogP contribution in [0.25, 0.3) is 10.9 Å². The van der Waals surface area contributed by atoms with Crippen LogP contribution in [-0.2, 0) is 0 Å². The quantitative estimate of drug-likeness (QED) is 0.323. The molecule has 2 heterocycles. The van der Waals surface area contributed by atoms with Crippen molar-refractivity contribution in [2.75, 3.05) is 11.9 Å². The van der Waals surface area contributed by atoms with Crippen LogP contribution in [0.4, 0.5) is 17.2 Å². The number of para-hydroxylation sites is 3. The lowest BCUT2D eigenvalue weighted by Gasteiger charge is -2.13. The predicted octanol–water partition coefficient (Wildman–Crippen LogP) is 5.18. The Bertz CT molecular complexity index is 1260. The van der Waals surface area contributed by atoms with E-state index in [2.05, 4.69) is 20.3 Å². The number of aryl methyl sites for hydroxylation is 1. The number of ether oxygens (including phenoxy) is 2. The summed E-state index contributed by atoms with van der Waals surface area (Å²) in [6.45, 7) is 4.17. The first-order valence-corrected chi connectivity index (χ1v) is 9.59. The standard InChI is InChI=1S/C22H19N5O4/c1-3-30-17-9-5-4-8-16(17)26-21-20(27(28)29)22(24-13-23-21)31-18-10-6-7-15-12-11-14(2)25-19(15)18/h4-13H,3H2,1-2H3,(H,23,24,26). The zero-order chi connectivity index (χ0) is 21.8. The maximum absolute atomic E-state index is 11.9. The highest BCUT2D eigenvalue weighted by Gasteiger charge is 2.26. The van der Waals surface area contributed by atoms with Gasteiger partial charge in [-0.15, -0.1) is 0 Å². The fraction of sp³-hybridized carbons (Fsp3) is 0.136. The van der Waals surface area contributed by atoms with Gasteiger partial charge in [0, 0.05) is 11.1 Å². The predicted molar refractivity (Wildman–Crippen MR) is 116 cm³/mol. The van der Waals surface area contributed by atoms with Crippen LogP contribution in [0.5, 0.6) is 17.4 Å². The topological polar surface area (TPSA) is 112 Å². The van der Waals surface area contributed by atoms with Crippen LogP contribution >= 0.6 is 0 Å². The largest absolute Gasteiger partial charge is 0.492 e. The highest BCUT2D eigenvalue weighted by atomic mass is 16.6. The molecule has 0 saturated carbocycles. The van der Waals surface area contributed by atoms with E-state index in [-0.39, 0.29) is 11.7 Å². The molecule has 0 bridgehead atoms. The average molecular weight is 417 g/mol. The van der Waals surface area contributed by atoms with Gasteiger partial charge in [0.05, 0.1) is 17.2 Å². The van der Waals surface area contributed by atoms with E-state index in [1.165, 1.54) is 6.33 Å². The average Bonchev–Trinajstić information content (AvgIpc) is 2.76. The minimum atomic E-state index is -0.579. The van der Waals surface area contributed by atoms with Crippen molar-refractivity contribution < 1.29 is 14.4 Å². The molecule has 0 aliphatic heterocycles. The molecule has 2 aromatic carbocycles. The fourth-order valence-corrected chi connectivity index (χ4v) is 3.08. The molecular weight excluding hydrogens is 398 g/mol. The van der Waals surface area contributed by atoms with Crippen molar-refractivity contribution >= 4 is 28.1 Å². The third-order valence-corrected chi connectivity index (χ3v) is 4.44. The summed E-state index contributed by atoms with van der Waals surface area (Å²) >= 11 is 0. The molecule has 0 spiro atoms. The second-order valence-corrected chi connectivity index (χ2v) is 6.57. The van der Waals surface area contributed by atoms with Gasteiger partial charge in [0.25, 0.3) is 0 Å². The Labute approximate surface area is 177 Å². The summed E-state index contributed by atoms with van der Waals surface area (Å²) in [5.74, 6) is 0.719. The van der Waals surface area contributed by atoms with Gasteiger partial charge in [-0.25, -0.2) is 9.97 Å². The molecule has 0 radical (unpaired) electrons. The summed E-state index contributed by atoms with van der Waals surface area (Å²) in [7, 11) is 0. The van der Waals surface area contributed by atoms with Crippen LogP contribution in [0.15, 0.2) is 60.9 Å². The number of aromatic nitrogens is 3. The molecule has 9 nitrogen and oxygen atoms in total. The SMILES string of the molecule is CCOc1ccccc1Nc1ncnc(Oc2cccc3ccc(C)nc23)c1[N+](=O)[O-]. The number of hydrogen-bond acceptors (Lipinski definition) is 8. The molecule has 0 aliphatic rings. The molecule has 156 valence electrons. The van der Waals surface area contributed by atoms with Crippen LogP contribution in [0, 0.1) is 17.0 Å². The Morgan fingerprint density at radius 1 is 1.03 bits per heavy atom. The minimum absolute atomic E-state index is 0.00784. The Morgan fingerprint density at radius 2 is 1.84 bits per heavy atom. The molecule has 0 unspecified atom stereocenters. The van der Waals surface area contributed by atoms with E-state index in [0.29, 0.717) is 29.3 Å². The number of benzene rings is 2. The number of fused-ring (bicyclic) bond motifs is 1. The van der Waals surface area contributed by atoms with Crippen LogP contribution < -0.4 is 14.8 Å². The van der Waals surface area contributed by atoms with Gasteiger partial charge in [0.1, 0.15) is 17.6 Å². The molecule has 9 heteroatoms. The van der Waals surface area contributed by atoms with Crippen molar-refractivity contribution in [3.63, 3.8) is 0 Å². The lowest BCUT2D eigenvalue weighted by molar-refractivity contribution is -0.385. The van der Waals surface area contributed by atoms with Gasteiger partial charge in [-0.3, -0.25) is 10.1 Å². The number of pyridine rings is 1. The van der Waals surface area contributed by atoms with Crippen molar-refractivity contribution in [1.82, 2.24) is 15.0 Å². The van der Waals surface area contributed by atoms with Crippen molar-refractivity contribution in [2.45, 2.75) is 13.8 Å². The molecule has 0 amide bonds. The van der Waals surface area contributed by atoms with Crippen molar-refractivity contribution in [1.29, 1.82) is 0 Å². The van der Waals surface area contributed by atoms with Crippen molar-refractivity contribution in [3.8, 4) is 17.4 Å². The van der Waals surface area contributed by atoms with Crippen LogP contribution in [0.1, 0.15) is 12.6 Å². The summed E-state index contributed by atoms with van der Waals surface area (Å²) in [6, 6.07) is 16.3. The first kappa shape index (κ1) is 20.0. The lowest BCUT2D eigenvalue weighted by Crippen LogP contribution is -2.05. The van der Waals surface area contributed by atoms with E-state index in [1.807, 2.05) is 38.1 Å². The third kappa shape index (κ3) is 4.20. The van der Waals surface area contributed by atoms with Gasteiger partial charge in [-0.1, -0.05) is 30.3 Å². The van der Waals surface area contributed by atoms with Crippen LogP contribution in [0.3, 0.4) is 0 Å².